The van der Waals surface area contributed by atoms with E-state index >= 15 is 0 Å². The van der Waals surface area contributed by atoms with Crippen molar-refractivity contribution < 1.29 is 18.9 Å². The van der Waals surface area contributed by atoms with Crippen molar-refractivity contribution in [1.29, 1.82) is 0 Å². The summed E-state index contributed by atoms with van der Waals surface area (Å²) in [6.45, 7) is 7.58. The van der Waals surface area contributed by atoms with Crippen LogP contribution in [0.3, 0.4) is 0 Å². The number of fused-ring (bicyclic) bond motifs is 5. The van der Waals surface area contributed by atoms with E-state index in [-0.39, 0.29) is 24.1 Å². The van der Waals surface area contributed by atoms with Crippen LogP contribution >= 0.6 is 15.9 Å². The van der Waals surface area contributed by atoms with Crippen molar-refractivity contribution in [1.82, 2.24) is 15.0 Å². The predicted octanol–water partition coefficient (Wildman–Crippen LogP) is 3.75. The van der Waals surface area contributed by atoms with Crippen LogP contribution in [0, 0.1) is 23.7 Å². The van der Waals surface area contributed by atoms with Crippen molar-refractivity contribution in [2.75, 3.05) is 6.54 Å². The zero-order valence-electron chi connectivity index (χ0n) is 20.3. The van der Waals surface area contributed by atoms with E-state index in [0.717, 1.165) is 16.7 Å². The van der Waals surface area contributed by atoms with Crippen molar-refractivity contribution in [2.24, 2.45) is 22.5 Å². The summed E-state index contributed by atoms with van der Waals surface area (Å²) in [6.07, 6.45) is 1.86. The molecule has 3 aliphatic rings. The van der Waals surface area contributed by atoms with Gasteiger partial charge < -0.3 is 10.3 Å². The fourth-order valence-electron chi connectivity index (χ4n) is 6.60. The van der Waals surface area contributed by atoms with Gasteiger partial charge in [-0.2, -0.15) is 4.98 Å². The first-order valence-electron chi connectivity index (χ1n) is 11.9. The van der Waals surface area contributed by atoms with Crippen LogP contribution in [-0.2, 0) is 14.4 Å². The number of nitrogens with two attached hydrogens (primary N) is 1. The van der Waals surface area contributed by atoms with Gasteiger partial charge in [-0.05, 0) is 58.1 Å². The van der Waals surface area contributed by atoms with Gasteiger partial charge in [0.25, 0.3) is 0 Å². The average molecular weight is 541 g/mol. The summed E-state index contributed by atoms with van der Waals surface area (Å²) in [7, 11) is 0. The molecule has 1 aliphatic heterocycles. The fourth-order valence-corrected chi connectivity index (χ4v) is 7.95. The Morgan fingerprint density at radius 1 is 1.14 bits per heavy atom. The number of benzene rings is 1. The Balaban J connectivity index is 1.39. The maximum Gasteiger partial charge on any atom is 0.248 e. The van der Waals surface area contributed by atoms with E-state index in [1.165, 1.54) is 4.90 Å². The van der Waals surface area contributed by atoms with Crippen molar-refractivity contribution in [3.8, 4) is 0 Å². The van der Waals surface area contributed by atoms with Crippen LogP contribution in [0.2, 0.25) is 0 Å². The highest BCUT2D eigenvalue weighted by atomic mass is 79.9. The van der Waals surface area contributed by atoms with Gasteiger partial charge in [0.1, 0.15) is 4.32 Å². The van der Waals surface area contributed by atoms with Crippen LogP contribution in [0.15, 0.2) is 40.4 Å². The quantitative estimate of drug-likeness (QED) is 0.322. The van der Waals surface area contributed by atoms with Gasteiger partial charge in [0, 0.05) is 6.54 Å². The molecular formula is C26H29BrN4O4. The molecular weight excluding hydrogens is 512 g/mol. The van der Waals surface area contributed by atoms with Crippen LogP contribution in [0.1, 0.15) is 63.4 Å². The number of likely N-dealkylation sites (tertiary alicyclic amines) is 1. The molecule has 4 unspecified atom stereocenters. The summed E-state index contributed by atoms with van der Waals surface area (Å²) >= 11 is 3.70. The van der Waals surface area contributed by atoms with Gasteiger partial charge in [0.15, 0.2) is 11.6 Å². The van der Waals surface area contributed by atoms with Crippen LogP contribution < -0.4 is 5.73 Å². The largest absolute Gasteiger partial charge is 0.338 e. The lowest BCUT2D eigenvalue weighted by molar-refractivity contribution is -0.144. The van der Waals surface area contributed by atoms with Crippen LogP contribution in [0.25, 0.3) is 5.57 Å². The molecule has 184 valence electrons. The molecule has 8 nitrogen and oxygen atoms in total. The minimum Gasteiger partial charge on any atom is -0.338 e. The molecule has 9 heteroatoms. The number of aromatic nitrogens is 2. The van der Waals surface area contributed by atoms with Crippen LogP contribution in [-0.4, -0.2) is 43.5 Å². The summed E-state index contributed by atoms with van der Waals surface area (Å²) < 4.78 is 3.85. The molecule has 0 radical (unpaired) electrons. The number of halogens is 1. The first kappa shape index (κ1) is 24.1. The molecule has 2 bridgehead atoms. The minimum absolute atomic E-state index is 0.0644. The number of carbonyl (C=O) groups is 3. The Kier molecular flexibility index (Phi) is 5.45. The van der Waals surface area contributed by atoms with Gasteiger partial charge in [-0.25, -0.2) is 0 Å². The predicted molar refractivity (Wildman–Crippen MR) is 132 cm³/mol. The van der Waals surface area contributed by atoms with Crippen molar-refractivity contribution in [3.05, 3.63) is 53.2 Å². The van der Waals surface area contributed by atoms with Gasteiger partial charge in [-0.1, -0.05) is 57.0 Å². The smallest absolute Gasteiger partial charge is 0.248 e. The van der Waals surface area contributed by atoms with Crippen LogP contribution in [0.4, 0.5) is 0 Å². The maximum atomic E-state index is 13.9. The normalized spacial score (nSPS) is 32.7. The maximum absolute atomic E-state index is 13.9. The number of rotatable bonds is 7. The topological polar surface area (TPSA) is 119 Å². The van der Waals surface area contributed by atoms with Gasteiger partial charge in [0.2, 0.25) is 17.7 Å². The molecule has 5 atom stereocenters. The summed E-state index contributed by atoms with van der Waals surface area (Å²) in [6, 6.07) is 9.30. The summed E-state index contributed by atoms with van der Waals surface area (Å²) in [5, 5.41) is 3.76. The second-order valence-electron chi connectivity index (χ2n) is 10.2. The fraction of sp³-hybridized carbons (Fsp3) is 0.500. The lowest BCUT2D eigenvalue weighted by Gasteiger charge is -2.40. The first-order chi connectivity index (χ1) is 16.5. The summed E-state index contributed by atoms with van der Waals surface area (Å²) in [4.78, 5) is 46.9. The molecule has 0 spiro atoms. The molecule has 2 amide bonds. The zero-order chi connectivity index (χ0) is 25.3. The Labute approximate surface area is 212 Å². The molecule has 2 N–H and O–H groups in total. The number of allylic oxidation sites excluding steroid dienone is 2. The molecule has 2 aromatic rings. The lowest BCUT2D eigenvalue weighted by Crippen LogP contribution is -2.50. The van der Waals surface area contributed by atoms with E-state index in [9.17, 15) is 14.4 Å². The molecule has 2 aliphatic carbocycles. The number of nitrogens with zero attached hydrogens (tertiary/aromatic N) is 3. The molecule has 1 aromatic carbocycles. The third-order valence-electron chi connectivity index (χ3n) is 8.41. The van der Waals surface area contributed by atoms with Gasteiger partial charge >= 0.3 is 0 Å². The van der Waals surface area contributed by atoms with E-state index in [4.69, 9.17) is 10.3 Å². The number of imide groups is 1. The Hall–Kier alpha value is -2.65. The number of aryl methyl sites for hydroxylation is 1. The number of carbonyl (C=O) groups excluding carboxylic acids is 3. The highest BCUT2D eigenvalue weighted by molar-refractivity contribution is 9.10. The first-order valence-corrected chi connectivity index (χ1v) is 12.7. The lowest BCUT2D eigenvalue weighted by atomic mass is 9.64. The number of unbranched alkanes of at least 4 members (excludes halogenated alkanes) is 1. The number of alkyl halides is 1. The van der Waals surface area contributed by atoms with E-state index in [1.807, 2.05) is 51.1 Å². The molecule has 5 rings (SSSR count). The number of hydrogen-bond acceptors (Lipinski definition) is 7. The molecule has 2 fully saturated rings. The minimum atomic E-state index is -1.27. The van der Waals surface area contributed by atoms with Crippen molar-refractivity contribution in [3.63, 3.8) is 0 Å². The Morgan fingerprint density at radius 2 is 1.83 bits per heavy atom. The highest BCUT2D eigenvalue weighted by Crippen LogP contribution is 2.75. The third-order valence-corrected chi connectivity index (χ3v) is 10.0. The molecule has 1 aromatic heterocycles. The molecule has 1 saturated carbocycles. The SMILES string of the molecule is CC1=C(c2ccccc2)C2(C)C(=O)C1(C)C1(Br)C(=O)N(CCCC[C@H](N)c3nc(C)no3)C(=O)C21. The second-order valence-corrected chi connectivity index (χ2v) is 11.5. The monoisotopic (exact) mass is 540 g/mol. The van der Waals surface area contributed by atoms with E-state index in [1.54, 1.807) is 6.92 Å². The number of hydrogen-bond donors (Lipinski definition) is 1. The van der Waals surface area contributed by atoms with Crippen LogP contribution in [0.5, 0.6) is 0 Å². The Morgan fingerprint density at radius 3 is 2.46 bits per heavy atom. The number of Topliss-reactive ketones (excluding diaryl/α,β-unsaturated/α-hetero) is 1. The standard InChI is InChI=1S/C26H29BrN4O4/c1-14-18(16-10-6-5-7-11-16)24(3)19-21(32)31(23(34)26(19,27)25(14,4)22(24)33)13-9-8-12-17(28)20-29-15(2)30-35-20/h5-7,10-11,17,19H,8-9,12-13,28H2,1-4H3/t17-,19?,24?,25?,26?/m0/s1. The highest BCUT2D eigenvalue weighted by Gasteiger charge is 2.84. The molecule has 1 saturated heterocycles. The third kappa shape index (κ3) is 2.91. The average Bonchev–Trinajstić information content (AvgIpc) is 3.43. The summed E-state index contributed by atoms with van der Waals surface area (Å²) in [5.41, 5.74) is 6.60. The zero-order valence-corrected chi connectivity index (χ0v) is 21.9. The summed E-state index contributed by atoms with van der Waals surface area (Å²) in [5.74, 6) is -0.550. The Bertz CT molecular complexity index is 1270. The number of ketones is 1. The molecule has 35 heavy (non-hydrogen) atoms. The molecule has 2 heterocycles. The van der Waals surface area contributed by atoms with Crippen molar-refractivity contribution >= 4 is 39.1 Å². The van der Waals surface area contributed by atoms with E-state index in [2.05, 4.69) is 26.1 Å². The van der Waals surface area contributed by atoms with Crippen molar-refractivity contribution in [2.45, 2.75) is 57.3 Å². The second kappa shape index (κ2) is 7.93. The van der Waals surface area contributed by atoms with E-state index < -0.39 is 27.1 Å². The number of amides is 2. The van der Waals surface area contributed by atoms with E-state index in [0.29, 0.717) is 31.0 Å². The van der Waals surface area contributed by atoms with Gasteiger partial charge in [0.05, 0.1) is 22.8 Å². The van der Waals surface area contributed by atoms with Gasteiger partial charge in [-0.3, -0.25) is 19.3 Å². The van der Waals surface area contributed by atoms with Gasteiger partial charge in [-0.15, -0.1) is 0 Å².